The Kier molecular flexibility index (Phi) is 5.86. The van der Waals surface area contributed by atoms with E-state index >= 15 is 0 Å². The molecule has 1 aromatic carbocycles. The van der Waals surface area contributed by atoms with Gasteiger partial charge in [-0.15, -0.1) is 0 Å². The lowest BCUT2D eigenvalue weighted by Gasteiger charge is -2.32. The maximum atomic E-state index is 12.5. The number of aromatic nitrogens is 2. The van der Waals surface area contributed by atoms with Crippen molar-refractivity contribution in [1.29, 1.82) is 0 Å². The lowest BCUT2D eigenvalue weighted by molar-refractivity contribution is -0.141. The zero-order valence-corrected chi connectivity index (χ0v) is 14.9. The van der Waals surface area contributed by atoms with Crippen LogP contribution >= 0.6 is 0 Å². The maximum Gasteiger partial charge on any atom is 0.435 e. The highest BCUT2D eigenvalue weighted by atomic mass is 19.4. The van der Waals surface area contributed by atoms with Crippen molar-refractivity contribution in [3.8, 4) is 0 Å². The van der Waals surface area contributed by atoms with Gasteiger partial charge in [-0.05, 0) is 31.0 Å². The number of carbonyl (C=O) groups excluding carboxylic acids is 2. The molecule has 10 heteroatoms. The van der Waals surface area contributed by atoms with Crippen molar-refractivity contribution in [2.45, 2.75) is 31.6 Å². The van der Waals surface area contributed by atoms with E-state index in [2.05, 4.69) is 15.7 Å². The van der Waals surface area contributed by atoms with Crippen LogP contribution in [0, 0.1) is 0 Å². The molecule has 0 aliphatic carbocycles. The summed E-state index contributed by atoms with van der Waals surface area (Å²) in [6, 6.07) is 9.60. The Morgan fingerprint density at radius 1 is 1.11 bits per heavy atom. The number of amides is 3. The van der Waals surface area contributed by atoms with E-state index in [4.69, 9.17) is 0 Å². The number of urea groups is 1. The molecule has 3 rings (SSSR count). The van der Waals surface area contributed by atoms with Gasteiger partial charge in [-0.1, -0.05) is 18.2 Å². The quantitative estimate of drug-likeness (QED) is 0.836. The van der Waals surface area contributed by atoms with Crippen molar-refractivity contribution in [2.75, 3.05) is 18.4 Å². The van der Waals surface area contributed by atoms with Crippen LogP contribution in [-0.2, 0) is 17.5 Å². The van der Waals surface area contributed by atoms with Gasteiger partial charge in [-0.2, -0.15) is 18.3 Å². The van der Waals surface area contributed by atoms with E-state index in [0.717, 1.165) is 16.9 Å². The van der Waals surface area contributed by atoms with Gasteiger partial charge in [-0.3, -0.25) is 9.48 Å². The number of nitrogens with one attached hydrogen (secondary N) is 2. The average Bonchev–Trinajstić information content (AvgIpc) is 3.12. The van der Waals surface area contributed by atoms with E-state index < -0.39 is 17.8 Å². The SMILES string of the molecule is O=C(Cn1ccc(C(F)(F)F)n1)NC1CCN(C(=O)Nc2ccccc2)CC1. The predicted octanol–water partition coefficient (Wildman–Crippen LogP) is 2.71. The summed E-state index contributed by atoms with van der Waals surface area (Å²) in [6.07, 6.45) is -2.27. The first-order valence-electron chi connectivity index (χ1n) is 8.82. The zero-order chi connectivity index (χ0) is 20.1. The molecule has 3 amide bonds. The highest BCUT2D eigenvalue weighted by Gasteiger charge is 2.33. The maximum absolute atomic E-state index is 12.5. The third-order valence-electron chi connectivity index (χ3n) is 4.41. The zero-order valence-electron chi connectivity index (χ0n) is 14.9. The van der Waals surface area contributed by atoms with Crippen LogP contribution in [0.1, 0.15) is 18.5 Å². The smallest absolute Gasteiger partial charge is 0.352 e. The summed E-state index contributed by atoms with van der Waals surface area (Å²) in [7, 11) is 0. The summed E-state index contributed by atoms with van der Waals surface area (Å²) < 4.78 is 38.6. The fraction of sp³-hybridized carbons (Fsp3) is 0.389. The number of para-hydroxylation sites is 1. The Morgan fingerprint density at radius 3 is 2.39 bits per heavy atom. The van der Waals surface area contributed by atoms with Crippen molar-refractivity contribution in [3.05, 3.63) is 48.3 Å². The van der Waals surface area contributed by atoms with Gasteiger partial charge in [-0.25, -0.2) is 4.79 Å². The summed E-state index contributed by atoms with van der Waals surface area (Å²) in [5, 5.41) is 8.96. The normalized spacial score (nSPS) is 15.3. The van der Waals surface area contributed by atoms with Gasteiger partial charge >= 0.3 is 12.2 Å². The molecule has 0 saturated carbocycles. The molecule has 1 aliphatic rings. The first-order chi connectivity index (χ1) is 13.3. The fourth-order valence-electron chi connectivity index (χ4n) is 2.97. The first-order valence-corrected chi connectivity index (χ1v) is 8.82. The fourth-order valence-corrected chi connectivity index (χ4v) is 2.97. The Labute approximate surface area is 159 Å². The molecule has 28 heavy (non-hydrogen) atoms. The first kappa shape index (κ1) is 19.7. The molecule has 2 N–H and O–H groups in total. The Hall–Kier alpha value is -3.04. The van der Waals surface area contributed by atoms with Crippen LogP contribution in [0.15, 0.2) is 42.6 Å². The van der Waals surface area contributed by atoms with Crippen LogP contribution < -0.4 is 10.6 Å². The van der Waals surface area contributed by atoms with Crippen LogP contribution in [-0.4, -0.2) is 45.8 Å². The molecule has 7 nitrogen and oxygen atoms in total. The molecular weight excluding hydrogens is 375 g/mol. The third-order valence-corrected chi connectivity index (χ3v) is 4.41. The third kappa shape index (κ3) is 5.24. The molecule has 0 unspecified atom stereocenters. The molecule has 150 valence electrons. The minimum absolute atomic E-state index is 0.133. The Balaban J connectivity index is 1.43. The van der Waals surface area contributed by atoms with E-state index in [1.807, 2.05) is 18.2 Å². The molecule has 0 bridgehead atoms. The van der Waals surface area contributed by atoms with Gasteiger partial charge in [0.1, 0.15) is 6.54 Å². The highest BCUT2D eigenvalue weighted by Crippen LogP contribution is 2.27. The summed E-state index contributed by atoms with van der Waals surface area (Å²) in [5.41, 5.74) is -0.321. The predicted molar refractivity (Wildman–Crippen MR) is 95.4 cm³/mol. The minimum Gasteiger partial charge on any atom is -0.352 e. The average molecular weight is 395 g/mol. The lowest BCUT2D eigenvalue weighted by atomic mass is 10.1. The van der Waals surface area contributed by atoms with E-state index in [9.17, 15) is 22.8 Å². The summed E-state index contributed by atoms with van der Waals surface area (Å²) in [6.45, 7) is 0.665. The van der Waals surface area contributed by atoms with Gasteiger partial charge in [0, 0.05) is 31.0 Å². The number of halogens is 3. The highest BCUT2D eigenvalue weighted by molar-refractivity contribution is 5.89. The molecule has 2 aromatic rings. The second kappa shape index (κ2) is 8.32. The van der Waals surface area contributed by atoms with Gasteiger partial charge in [0.05, 0.1) is 0 Å². The van der Waals surface area contributed by atoms with Crippen LogP contribution in [0.2, 0.25) is 0 Å². The van der Waals surface area contributed by atoms with Gasteiger partial charge in [0.15, 0.2) is 5.69 Å². The van der Waals surface area contributed by atoms with Crippen molar-refractivity contribution < 1.29 is 22.8 Å². The van der Waals surface area contributed by atoms with Crippen molar-refractivity contribution in [2.24, 2.45) is 0 Å². The molecule has 1 aromatic heterocycles. The van der Waals surface area contributed by atoms with Crippen LogP contribution in [0.4, 0.5) is 23.7 Å². The Morgan fingerprint density at radius 2 is 1.79 bits per heavy atom. The van der Waals surface area contributed by atoms with E-state index in [0.29, 0.717) is 31.6 Å². The standard InChI is InChI=1S/C18H20F3N5O2/c19-18(20,21)15-8-11-26(24-15)12-16(27)22-14-6-9-25(10-7-14)17(28)23-13-4-2-1-3-5-13/h1-5,8,11,14H,6-7,9-10,12H2,(H,22,27)(H,23,28). The number of likely N-dealkylation sites (tertiary alicyclic amines) is 1. The topological polar surface area (TPSA) is 79.3 Å². The lowest BCUT2D eigenvalue weighted by Crippen LogP contribution is -2.48. The number of rotatable bonds is 4. The second-order valence-electron chi connectivity index (χ2n) is 6.52. The number of benzene rings is 1. The minimum atomic E-state index is -4.53. The molecular formula is C18H20F3N5O2. The van der Waals surface area contributed by atoms with Crippen LogP contribution in [0.5, 0.6) is 0 Å². The van der Waals surface area contributed by atoms with E-state index in [1.54, 1.807) is 17.0 Å². The molecule has 2 heterocycles. The van der Waals surface area contributed by atoms with Gasteiger partial charge in [0.25, 0.3) is 0 Å². The van der Waals surface area contributed by atoms with Crippen molar-refractivity contribution in [3.63, 3.8) is 0 Å². The number of hydrogen-bond acceptors (Lipinski definition) is 3. The second-order valence-corrected chi connectivity index (χ2v) is 6.52. The number of anilines is 1. The number of hydrogen-bond donors (Lipinski definition) is 2. The number of alkyl halides is 3. The van der Waals surface area contributed by atoms with Crippen LogP contribution in [0.25, 0.3) is 0 Å². The number of carbonyl (C=O) groups is 2. The van der Waals surface area contributed by atoms with E-state index in [-0.39, 0.29) is 18.6 Å². The van der Waals surface area contributed by atoms with Gasteiger partial charge < -0.3 is 15.5 Å². The molecule has 1 fully saturated rings. The molecule has 1 aliphatic heterocycles. The summed E-state index contributed by atoms with van der Waals surface area (Å²) in [4.78, 5) is 26.0. The summed E-state index contributed by atoms with van der Waals surface area (Å²) in [5.74, 6) is -0.413. The largest absolute Gasteiger partial charge is 0.435 e. The summed E-state index contributed by atoms with van der Waals surface area (Å²) >= 11 is 0. The van der Waals surface area contributed by atoms with Gasteiger partial charge in [0.2, 0.25) is 5.91 Å². The molecule has 0 spiro atoms. The molecule has 1 saturated heterocycles. The van der Waals surface area contributed by atoms with E-state index in [1.165, 1.54) is 0 Å². The molecule has 0 atom stereocenters. The monoisotopic (exact) mass is 395 g/mol. The van der Waals surface area contributed by atoms with Crippen molar-refractivity contribution >= 4 is 17.6 Å². The molecule has 0 radical (unpaired) electrons. The Bertz CT molecular complexity index is 814. The van der Waals surface area contributed by atoms with Crippen LogP contribution in [0.3, 0.4) is 0 Å². The number of piperidine rings is 1. The number of nitrogens with zero attached hydrogens (tertiary/aromatic N) is 3. The van der Waals surface area contributed by atoms with Crippen molar-refractivity contribution in [1.82, 2.24) is 20.0 Å².